The van der Waals surface area contributed by atoms with Crippen LogP contribution < -0.4 is 0 Å². The summed E-state index contributed by atoms with van der Waals surface area (Å²) in [7, 11) is 0. The van der Waals surface area contributed by atoms with Crippen LogP contribution in [0.25, 0.3) is 0 Å². The van der Waals surface area contributed by atoms with Crippen LogP contribution in [-0.2, 0) is 6.54 Å². The van der Waals surface area contributed by atoms with E-state index >= 15 is 0 Å². The molecule has 0 aliphatic carbocycles. The van der Waals surface area contributed by atoms with Crippen LogP contribution in [0.3, 0.4) is 0 Å². The van der Waals surface area contributed by atoms with E-state index in [1.165, 1.54) is 31.5 Å². The van der Waals surface area contributed by atoms with Crippen LogP contribution in [-0.4, -0.2) is 41.4 Å². The second kappa shape index (κ2) is 4.32. The van der Waals surface area contributed by atoms with Gasteiger partial charge in [0.05, 0.1) is 5.56 Å². The van der Waals surface area contributed by atoms with Crippen molar-refractivity contribution in [2.75, 3.05) is 19.6 Å². The smallest absolute Gasteiger partial charge is 0.255 e. The lowest BCUT2D eigenvalue weighted by Crippen LogP contribution is -2.57. The van der Waals surface area contributed by atoms with Gasteiger partial charge in [-0.2, -0.15) is 0 Å². The molecule has 0 N–H and O–H groups in total. The summed E-state index contributed by atoms with van der Waals surface area (Å²) in [5, 5.41) is 0. The zero-order chi connectivity index (χ0) is 13.0. The fraction of sp³-hybridized carbons (Fsp3) is 0.533. The lowest BCUT2D eigenvalue weighted by atomic mass is 9.83. The van der Waals surface area contributed by atoms with Gasteiger partial charge in [-0.05, 0) is 59.4 Å². The number of rotatable bonds is 1. The number of fused-ring (bicyclic) bond motifs is 4. The molecule has 1 aromatic rings. The predicted octanol–water partition coefficient (Wildman–Crippen LogP) is 2.50. The summed E-state index contributed by atoms with van der Waals surface area (Å²) in [6.07, 6.45) is 2.51. The van der Waals surface area contributed by atoms with Gasteiger partial charge in [0.1, 0.15) is 0 Å². The van der Waals surface area contributed by atoms with E-state index in [1.54, 1.807) is 0 Å². The minimum atomic E-state index is 0.223. The topological polar surface area (TPSA) is 23.6 Å². The van der Waals surface area contributed by atoms with Crippen molar-refractivity contribution in [2.45, 2.75) is 25.4 Å². The Morgan fingerprint density at radius 1 is 1.21 bits per heavy atom. The van der Waals surface area contributed by atoms with Crippen molar-refractivity contribution in [1.29, 1.82) is 0 Å². The Balaban J connectivity index is 1.65. The Hall–Kier alpha value is -0.870. The molecule has 1 amide bonds. The number of halogens is 1. The van der Waals surface area contributed by atoms with Crippen molar-refractivity contribution < 1.29 is 4.79 Å². The van der Waals surface area contributed by atoms with Crippen LogP contribution in [0, 0.1) is 5.92 Å². The quantitative estimate of drug-likeness (QED) is 0.793. The molecule has 4 heterocycles. The van der Waals surface area contributed by atoms with Gasteiger partial charge in [-0.1, -0.05) is 12.1 Å². The molecule has 3 fully saturated rings. The molecule has 3 nitrogen and oxygen atoms in total. The molecule has 1 unspecified atom stereocenters. The predicted molar refractivity (Wildman–Crippen MR) is 77.0 cm³/mol. The van der Waals surface area contributed by atoms with E-state index in [0.717, 1.165) is 23.1 Å². The van der Waals surface area contributed by atoms with Gasteiger partial charge in [0.25, 0.3) is 5.91 Å². The normalized spacial score (nSPS) is 32.8. The largest absolute Gasteiger partial charge is 0.330 e. The van der Waals surface area contributed by atoms with E-state index in [9.17, 15) is 4.79 Å². The van der Waals surface area contributed by atoms with E-state index in [-0.39, 0.29) is 5.91 Å². The highest BCUT2D eigenvalue weighted by molar-refractivity contribution is 9.10. The summed E-state index contributed by atoms with van der Waals surface area (Å²) in [6.45, 7) is 4.31. The van der Waals surface area contributed by atoms with Crippen molar-refractivity contribution in [3.05, 3.63) is 33.8 Å². The number of amides is 1. The third kappa shape index (κ3) is 1.77. The maximum absolute atomic E-state index is 12.7. The van der Waals surface area contributed by atoms with E-state index in [4.69, 9.17) is 0 Å². The highest BCUT2D eigenvalue weighted by Gasteiger charge is 2.42. The first-order valence-electron chi connectivity index (χ1n) is 7.05. The Kier molecular flexibility index (Phi) is 2.71. The molecule has 4 heteroatoms. The number of hydrogen-bond acceptors (Lipinski definition) is 2. The lowest BCUT2D eigenvalue weighted by molar-refractivity contribution is 0.00844. The van der Waals surface area contributed by atoms with Gasteiger partial charge < -0.3 is 9.80 Å². The average molecular weight is 321 g/mol. The molecule has 1 atom stereocenters. The van der Waals surface area contributed by atoms with Gasteiger partial charge in [-0.15, -0.1) is 0 Å². The highest BCUT2D eigenvalue weighted by atomic mass is 79.9. The number of nitrogens with zero attached hydrogens (tertiary/aromatic N) is 2. The van der Waals surface area contributed by atoms with Crippen molar-refractivity contribution in [1.82, 2.24) is 9.80 Å². The van der Waals surface area contributed by atoms with Crippen molar-refractivity contribution in [2.24, 2.45) is 5.92 Å². The zero-order valence-corrected chi connectivity index (χ0v) is 12.4. The summed E-state index contributed by atoms with van der Waals surface area (Å²) in [6, 6.07) is 6.50. The lowest BCUT2D eigenvalue weighted by Gasteiger charge is -2.48. The van der Waals surface area contributed by atoms with Crippen molar-refractivity contribution in [3.8, 4) is 0 Å². The maximum atomic E-state index is 12.7. The average Bonchev–Trinajstić information content (AvgIpc) is 2.79. The maximum Gasteiger partial charge on any atom is 0.255 e. The van der Waals surface area contributed by atoms with E-state index in [0.29, 0.717) is 12.0 Å². The Morgan fingerprint density at radius 2 is 2.00 bits per heavy atom. The Bertz CT molecular complexity index is 537. The van der Waals surface area contributed by atoms with Crippen LogP contribution in [0.5, 0.6) is 0 Å². The summed E-state index contributed by atoms with van der Waals surface area (Å²) in [4.78, 5) is 17.3. The molecule has 1 aromatic carbocycles. The van der Waals surface area contributed by atoms with Crippen LogP contribution in [0.15, 0.2) is 22.7 Å². The highest BCUT2D eigenvalue weighted by Crippen LogP contribution is 2.37. The molecule has 4 aliphatic rings. The molecule has 4 aliphatic heterocycles. The summed E-state index contributed by atoms with van der Waals surface area (Å²) < 4.78 is 0.943. The molecule has 0 saturated carbocycles. The molecule has 2 bridgehead atoms. The first kappa shape index (κ1) is 11.9. The number of piperidine rings is 3. The molecule has 0 radical (unpaired) electrons. The van der Waals surface area contributed by atoms with Crippen LogP contribution in [0.2, 0.25) is 0 Å². The van der Waals surface area contributed by atoms with Gasteiger partial charge in [0.2, 0.25) is 0 Å². The molecule has 100 valence electrons. The Labute approximate surface area is 121 Å². The number of hydrogen-bond donors (Lipinski definition) is 0. The second-order valence-electron chi connectivity index (χ2n) is 5.91. The fourth-order valence-corrected chi connectivity index (χ4v) is 4.47. The van der Waals surface area contributed by atoms with E-state index in [2.05, 4.69) is 31.8 Å². The Morgan fingerprint density at radius 3 is 2.63 bits per heavy atom. The summed E-state index contributed by atoms with van der Waals surface area (Å²) in [5.74, 6) is 0.934. The minimum absolute atomic E-state index is 0.223. The van der Waals surface area contributed by atoms with Gasteiger partial charge in [-0.3, -0.25) is 4.79 Å². The van der Waals surface area contributed by atoms with Crippen LogP contribution in [0.4, 0.5) is 0 Å². The van der Waals surface area contributed by atoms with Gasteiger partial charge >= 0.3 is 0 Å². The minimum Gasteiger partial charge on any atom is -0.330 e. The number of benzene rings is 1. The summed E-state index contributed by atoms with van der Waals surface area (Å²) in [5.41, 5.74) is 2.06. The molecule has 3 saturated heterocycles. The standard InChI is InChI=1S/C15H17BrN2O/c16-12-3-1-2-11-8-18(15(19)14(11)12)13-9-17-6-4-10(13)5-7-17/h1-3,10,13H,4-9H2. The molecule has 5 rings (SSSR count). The first-order valence-corrected chi connectivity index (χ1v) is 7.84. The number of carbonyl (C=O) groups is 1. The fourth-order valence-electron chi connectivity index (χ4n) is 3.89. The second-order valence-corrected chi connectivity index (χ2v) is 6.77. The summed E-state index contributed by atoms with van der Waals surface area (Å²) >= 11 is 3.52. The van der Waals surface area contributed by atoms with E-state index < -0.39 is 0 Å². The molecule has 0 aromatic heterocycles. The zero-order valence-electron chi connectivity index (χ0n) is 10.8. The van der Waals surface area contributed by atoms with Gasteiger partial charge in [0.15, 0.2) is 0 Å². The third-order valence-electron chi connectivity index (χ3n) is 4.94. The molecular weight excluding hydrogens is 304 g/mol. The monoisotopic (exact) mass is 320 g/mol. The first-order chi connectivity index (χ1) is 9.24. The van der Waals surface area contributed by atoms with Gasteiger partial charge in [-0.25, -0.2) is 0 Å². The molecule has 19 heavy (non-hydrogen) atoms. The van der Waals surface area contributed by atoms with Crippen LogP contribution in [0.1, 0.15) is 28.8 Å². The van der Waals surface area contributed by atoms with E-state index in [1.807, 2.05) is 12.1 Å². The van der Waals surface area contributed by atoms with Gasteiger partial charge in [0, 0.05) is 23.6 Å². The molecular formula is C15H17BrN2O. The molecule has 0 spiro atoms. The van der Waals surface area contributed by atoms with Crippen molar-refractivity contribution >= 4 is 21.8 Å². The third-order valence-corrected chi connectivity index (χ3v) is 5.60. The SMILES string of the molecule is O=C1c2c(Br)cccc2CN1C1CN2CCC1CC2. The van der Waals surface area contributed by atoms with Crippen LogP contribution >= 0.6 is 15.9 Å². The number of carbonyl (C=O) groups excluding carboxylic acids is 1. The van der Waals surface area contributed by atoms with Crippen molar-refractivity contribution in [3.63, 3.8) is 0 Å².